The number of rotatable bonds is 10. The van der Waals surface area contributed by atoms with Gasteiger partial charge in [-0.15, -0.1) is 11.8 Å². The number of amides is 2. The van der Waals surface area contributed by atoms with E-state index in [0.717, 1.165) is 54.3 Å². The van der Waals surface area contributed by atoms with Crippen LogP contribution in [0.15, 0.2) is 65.9 Å². The Morgan fingerprint density at radius 1 is 1.12 bits per heavy atom. The lowest BCUT2D eigenvalue weighted by Gasteiger charge is -2.32. The van der Waals surface area contributed by atoms with Crippen molar-refractivity contribution in [1.29, 1.82) is 0 Å². The summed E-state index contributed by atoms with van der Waals surface area (Å²) >= 11 is 13.6. The molecule has 2 amide bonds. The molecule has 0 spiro atoms. The topological polar surface area (TPSA) is 91.6 Å². The van der Waals surface area contributed by atoms with E-state index in [4.69, 9.17) is 28.2 Å². The number of nitrogens with one attached hydrogen (secondary N) is 2. The number of benzene rings is 2. The highest BCUT2D eigenvalue weighted by molar-refractivity contribution is 8.14. The third kappa shape index (κ3) is 9.19. The first-order valence-electron chi connectivity index (χ1n) is 14.0. The standard InChI is InChI=1S/C31H36Cl2N6O2S/c1-4-29(23-7-6-8-26(16-23)37-31(41)24-17-34-39(5-2)19-24)35-21(3)42-20-30(40)36-25-11-13-38(14-12-25)18-22-9-10-27(32)28(33)15-22/h4,6-10,15-17,19,25H,5,11-14,18,20H2,1-3H3,(H,36,40)(H,37,41)/b29-4-,35-21?. The summed E-state index contributed by atoms with van der Waals surface area (Å²) in [6.45, 7) is 9.12. The van der Waals surface area contributed by atoms with Crippen molar-refractivity contribution in [2.75, 3.05) is 24.2 Å². The summed E-state index contributed by atoms with van der Waals surface area (Å²) in [5, 5.41) is 12.2. The van der Waals surface area contributed by atoms with Crippen LogP contribution in [0.2, 0.25) is 10.0 Å². The SMILES string of the molecule is C/C=C(\N=C(C)SCC(=O)NC1CCN(Cc2ccc(Cl)c(Cl)c2)CC1)c1cccc(NC(=O)c2cnn(CC)c2)c1. The molecule has 42 heavy (non-hydrogen) atoms. The Balaban J connectivity index is 1.23. The molecule has 1 aromatic heterocycles. The van der Waals surface area contributed by atoms with E-state index in [1.807, 2.05) is 69.3 Å². The van der Waals surface area contributed by atoms with Gasteiger partial charge in [0, 0.05) is 49.7 Å². The molecule has 1 fully saturated rings. The largest absolute Gasteiger partial charge is 0.353 e. The second-order valence-corrected chi connectivity index (χ2v) is 12.1. The first-order chi connectivity index (χ1) is 20.2. The average Bonchev–Trinajstić information content (AvgIpc) is 3.48. The van der Waals surface area contributed by atoms with Gasteiger partial charge in [-0.3, -0.25) is 19.2 Å². The molecule has 222 valence electrons. The molecule has 11 heteroatoms. The van der Waals surface area contributed by atoms with Crippen molar-refractivity contribution in [2.45, 2.75) is 52.7 Å². The summed E-state index contributed by atoms with van der Waals surface area (Å²) < 4.78 is 1.71. The van der Waals surface area contributed by atoms with E-state index in [1.165, 1.54) is 11.8 Å². The zero-order valence-corrected chi connectivity index (χ0v) is 26.4. The molecular weight excluding hydrogens is 591 g/mol. The Morgan fingerprint density at radius 2 is 1.90 bits per heavy atom. The van der Waals surface area contributed by atoms with E-state index in [9.17, 15) is 9.59 Å². The number of hydrogen-bond donors (Lipinski definition) is 2. The Labute approximate surface area is 261 Å². The zero-order valence-electron chi connectivity index (χ0n) is 24.1. The number of carbonyl (C=O) groups excluding carboxylic acids is 2. The van der Waals surface area contributed by atoms with Crippen LogP contribution in [-0.2, 0) is 17.9 Å². The summed E-state index contributed by atoms with van der Waals surface area (Å²) in [4.78, 5) is 32.4. The quantitative estimate of drug-likeness (QED) is 0.192. The average molecular weight is 628 g/mol. The van der Waals surface area contributed by atoms with Gasteiger partial charge in [0.25, 0.3) is 5.91 Å². The van der Waals surface area contributed by atoms with Crippen LogP contribution in [-0.4, -0.2) is 56.4 Å². The zero-order chi connectivity index (χ0) is 30.1. The number of aryl methyl sites for hydroxylation is 1. The minimum Gasteiger partial charge on any atom is -0.353 e. The Morgan fingerprint density at radius 3 is 2.60 bits per heavy atom. The van der Waals surface area contributed by atoms with Crippen molar-refractivity contribution in [3.05, 3.63) is 87.7 Å². The molecule has 0 unspecified atom stereocenters. The van der Waals surface area contributed by atoms with Crippen LogP contribution in [0.25, 0.3) is 5.70 Å². The van der Waals surface area contributed by atoms with Crippen LogP contribution in [0, 0.1) is 0 Å². The van der Waals surface area contributed by atoms with Crippen molar-refractivity contribution < 1.29 is 9.59 Å². The third-order valence-electron chi connectivity index (χ3n) is 6.94. The van der Waals surface area contributed by atoms with Gasteiger partial charge in [0.2, 0.25) is 5.91 Å². The molecule has 2 aromatic carbocycles. The van der Waals surface area contributed by atoms with Gasteiger partial charge in [-0.1, -0.05) is 47.5 Å². The molecule has 1 saturated heterocycles. The molecule has 0 aliphatic carbocycles. The molecular formula is C31H36Cl2N6O2S. The molecule has 0 radical (unpaired) electrons. The van der Waals surface area contributed by atoms with E-state index < -0.39 is 0 Å². The van der Waals surface area contributed by atoms with Gasteiger partial charge in [0.15, 0.2) is 0 Å². The summed E-state index contributed by atoms with van der Waals surface area (Å²) in [6.07, 6.45) is 7.01. The first kappa shape index (κ1) is 31.8. The van der Waals surface area contributed by atoms with Gasteiger partial charge in [0.1, 0.15) is 0 Å². The van der Waals surface area contributed by atoms with Crippen molar-refractivity contribution in [3.63, 3.8) is 0 Å². The maximum Gasteiger partial charge on any atom is 0.258 e. The van der Waals surface area contributed by atoms with Crippen LogP contribution in [0.4, 0.5) is 5.69 Å². The highest BCUT2D eigenvalue weighted by atomic mass is 35.5. The van der Waals surface area contributed by atoms with Crippen LogP contribution in [0.5, 0.6) is 0 Å². The summed E-state index contributed by atoms with van der Waals surface area (Å²) in [6, 6.07) is 13.5. The maximum absolute atomic E-state index is 12.7. The number of hydrogen-bond acceptors (Lipinski definition) is 6. The van der Waals surface area contributed by atoms with Gasteiger partial charge < -0.3 is 10.6 Å². The lowest BCUT2D eigenvalue weighted by molar-refractivity contribution is -0.119. The van der Waals surface area contributed by atoms with E-state index in [0.29, 0.717) is 33.6 Å². The van der Waals surface area contributed by atoms with Gasteiger partial charge >= 0.3 is 0 Å². The maximum atomic E-state index is 12.7. The van der Waals surface area contributed by atoms with E-state index in [-0.39, 0.29) is 17.9 Å². The Bertz CT molecular complexity index is 1460. The van der Waals surface area contributed by atoms with Crippen molar-refractivity contribution >= 4 is 63.2 Å². The van der Waals surface area contributed by atoms with Crippen molar-refractivity contribution in [3.8, 4) is 0 Å². The highest BCUT2D eigenvalue weighted by Gasteiger charge is 2.21. The number of anilines is 1. The number of halogens is 2. The fraction of sp³-hybridized carbons (Fsp3) is 0.355. The number of aromatic nitrogens is 2. The number of likely N-dealkylation sites (tertiary alicyclic amines) is 1. The lowest BCUT2D eigenvalue weighted by Crippen LogP contribution is -2.44. The molecule has 1 aliphatic rings. The van der Waals surface area contributed by atoms with Crippen LogP contribution < -0.4 is 10.6 Å². The fourth-order valence-electron chi connectivity index (χ4n) is 4.68. The molecule has 2 heterocycles. The van der Waals surface area contributed by atoms with E-state index >= 15 is 0 Å². The van der Waals surface area contributed by atoms with Gasteiger partial charge in [-0.05, 0) is 63.4 Å². The second-order valence-electron chi connectivity index (χ2n) is 10.1. The van der Waals surface area contributed by atoms with E-state index in [1.54, 1.807) is 17.1 Å². The van der Waals surface area contributed by atoms with Crippen LogP contribution in [0.3, 0.4) is 0 Å². The fourth-order valence-corrected chi connectivity index (χ4v) is 5.59. The summed E-state index contributed by atoms with van der Waals surface area (Å²) in [5.41, 5.74) is 3.95. The predicted molar refractivity (Wildman–Crippen MR) is 174 cm³/mol. The molecule has 4 rings (SSSR count). The smallest absolute Gasteiger partial charge is 0.258 e. The van der Waals surface area contributed by atoms with E-state index in [2.05, 4.69) is 20.6 Å². The normalized spacial score (nSPS) is 15.1. The molecule has 0 saturated carbocycles. The number of nitrogens with zero attached hydrogens (tertiary/aromatic N) is 4. The lowest BCUT2D eigenvalue weighted by atomic mass is 10.0. The highest BCUT2D eigenvalue weighted by Crippen LogP contribution is 2.25. The van der Waals surface area contributed by atoms with Crippen molar-refractivity contribution in [1.82, 2.24) is 20.0 Å². The second kappa shape index (κ2) is 15.4. The van der Waals surface area contributed by atoms with Gasteiger partial charge in [-0.2, -0.15) is 5.10 Å². The summed E-state index contributed by atoms with van der Waals surface area (Å²) in [7, 11) is 0. The van der Waals surface area contributed by atoms with Gasteiger partial charge in [-0.25, -0.2) is 4.99 Å². The number of allylic oxidation sites excluding steroid dienone is 1. The monoisotopic (exact) mass is 626 g/mol. The molecule has 2 N–H and O–H groups in total. The Hall–Kier alpha value is -3.11. The van der Waals surface area contributed by atoms with Crippen LogP contribution >= 0.6 is 35.0 Å². The molecule has 0 atom stereocenters. The minimum absolute atomic E-state index is 0.00983. The first-order valence-corrected chi connectivity index (χ1v) is 15.7. The summed E-state index contributed by atoms with van der Waals surface area (Å²) in [5.74, 6) is 0.0973. The molecule has 0 bridgehead atoms. The molecule has 8 nitrogen and oxygen atoms in total. The third-order valence-corrected chi connectivity index (χ3v) is 8.60. The predicted octanol–water partition coefficient (Wildman–Crippen LogP) is 6.76. The number of aliphatic imine (C=N–C) groups is 1. The molecule has 3 aromatic rings. The van der Waals surface area contributed by atoms with Crippen LogP contribution in [0.1, 0.15) is 55.1 Å². The van der Waals surface area contributed by atoms with Crippen molar-refractivity contribution in [2.24, 2.45) is 4.99 Å². The number of carbonyl (C=O) groups is 2. The number of thioether (sulfide) groups is 1. The molecule has 1 aliphatic heterocycles. The minimum atomic E-state index is -0.215. The number of piperidine rings is 1. The van der Waals surface area contributed by atoms with Gasteiger partial charge in [0.05, 0.1) is 38.3 Å². The Kier molecular flexibility index (Phi) is 11.7.